The van der Waals surface area contributed by atoms with Crippen LogP contribution in [0.15, 0.2) is 23.1 Å². The molecule has 4 N–H and O–H groups in total. The highest BCUT2D eigenvalue weighted by Crippen LogP contribution is 2.33. The number of anilines is 2. The van der Waals surface area contributed by atoms with Gasteiger partial charge in [0.1, 0.15) is 0 Å². The zero-order chi connectivity index (χ0) is 15.6. The molecular formula is C15H25N3O2S. The van der Waals surface area contributed by atoms with Crippen LogP contribution in [0.25, 0.3) is 0 Å². The van der Waals surface area contributed by atoms with Crippen molar-refractivity contribution in [2.45, 2.75) is 44.0 Å². The van der Waals surface area contributed by atoms with E-state index in [9.17, 15) is 8.42 Å². The predicted octanol–water partition coefficient (Wildman–Crippen LogP) is 2.41. The van der Waals surface area contributed by atoms with Crippen LogP contribution in [-0.2, 0) is 10.0 Å². The number of rotatable bonds is 4. The molecule has 0 bridgehead atoms. The van der Waals surface area contributed by atoms with Crippen molar-refractivity contribution in [2.24, 2.45) is 11.8 Å². The Morgan fingerprint density at radius 2 is 1.95 bits per heavy atom. The minimum atomic E-state index is -3.45. The highest BCUT2D eigenvalue weighted by Gasteiger charge is 2.27. The third-order valence-corrected chi connectivity index (χ3v) is 6.06. The maximum atomic E-state index is 11.9. The minimum absolute atomic E-state index is 0.234. The molecule has 6 heteroatoms. The van der Waals surface area contributed by atoms with Crippen LogP contribution in [0.4, 0.5) is 11.4 Å². The summed E-state index contributed by atoms with van der Waals surface area (Å²) in [6, 6.07) is 5.12. The van der Waals surface area contributed by atoms with E-state index >= 15 is 0 Å². The van der Waals surface area contributed by atoms with E-state index < -0.39 is 10.0 Å². The van der Waals surface area contributed by atoms with Crippen molar-refractivity contribution in [1.29, 1.82) is 0 Å². The fourth-order valence-electron chi connectivity index (χ4n) is 2.93. The van der Waals surface area contributed by atoms with Crippen molar-refractivity contribution < 1.29 is 8.42 Å². The second kappa shape index (κ2) is 6.23. The fourth-order valence-corrected chi connectivity index (χ4v) is 3.69. The summed E-state index contributed by atoms with van der Waals surface area (Å²) in [4.78, 5) is 0.234. The van der Waals surface area contributed by atoms with Crippen LogP contribution in [0.3, 0.4) is 0 Å². The molecule has 1 aromatic rings. The van der Waals surface area contributed by atoms with E-state index in [1.54, 1.807) is 12.1 Å². The number of nitrogens with two attached hydrogens (primary N) is 1. The molecule has 0 saturated heterocycles. The number of benzene rings is 1. The number of sulfonamides is 1. The van der Waals surface area contributed by atoms with Gasteiger partial charge in [-0.15, -0.1) is 0 Å². The summed E-state index contributed by atoms with van der Waals surface area (Å²) >= 11 is 0. The summed E-state index contributed by atoms with van der Waals surface area (Å²) in [7, 11) is -2.04. The number of hydrogen-bond donors (Lipinski definition) is 3. The lowest BCUT2D eigenvalue weighted by Gasteiger charge is -2.35. The molecule has 0 heterocycles. The highest BCUT2D eigenvalue weighted by atomic mass is 32.2. The summed E-state index contributed by atoms with van der Waals surface area (Å²) in [5.41, 5.74) is 7.28. The third kappa shape index (κ3) is 3.49. The van der Waals surface area contributed by atoms with Gasteiger partial charge in [0.05, 0.1) is 16.3 Å². The van der Waals surface area contributed by atoms with E-state index in [2.05, 4.69) is 23.9 Å². The third-order valence-electron chi connectivity index (χ3n) is 4.65. The molecule has 0 radical (unpaired) electrons. The first-order valence-corrected chi connectivity index (χ1v) is 8.93. The van der Waals surface area contributed by atoms with Crippen molar-refractivity contribution in [2.75, 3.05) is 18.1 Å². The quantitative estimate of drug-likeness (QED) is 0.746. The van der Waals surface area contributed by atoms with Crippen LogP contribution in [-0.4, -0.2) is 21.5 Å². The van der Waals surface area contributed by atoms with Gasteiger partial charge in [-0.05, 0) is 43.5 Å². The molecule has 21 heavy (non-hydrogen) atoms. The Bertz CT molecular complexity index is 601. The minimum Gasteiger partial charge on any atom is -0.397 e. The van der Waals surface area contributed by atoms with Gasteiger partial charge >= 0.3 is 0 Å². The van der Waals surface area contributed by atoms with E-state index in [1.165, 1.54) is 26.0 Å². The Morgan fingerprint density at radius 1 is 1.24 bits per heavy atom. The molecule has 1 saturated carbocycles. The van der Waals surface area contributed by atoms with Crippen LogP contribution in [0, 0.1) is 11.8 Å². The predicted molar refractivity (Wildman–Crippen MR) is 86.7 cm³/mol. The summed E-state index contributed by atoms with van der Waals surface area (Å²) in [6.45, 7) is 4.51. The van der Waals surface area contributed by atoms with E-state index in [0.717, 1.165) is 6.42 Å². The summed E-state index contributed by atoms with van der Waals surface area (Å²) in [5, 5.41) is 3.45. The lowest BCUT2D eigenvalue weighted by atomic mass is 9.78. The van der Waals surface area contributed by atoms with E-state index in [-0.39, 0.29) is 4.90 Å². The maximum absolute atomic E-state index is 11.9. The van der Waals surface area contributed by atoms with Gasteiger partial charge in [0.25, 0.3) is 0 Å². The Kier molecular flexibility index (Phi) is 4.78. The number of hydrogen-bond acceptors (Lipinski definition) is 4. The summed E-state index contributed by atoms with van der Waals surface area (Å²) in [6.07, 6.45) is 3.54. The van der Waals surface area contributed by atoms with Gasteiger partial charge in [0, 0.05) is 6.04 Å². The zero-order valence-corrected chi connectivity index (χ0v) is 13.7. The first kappa shape index (κ1) is 16.1. The molecule has 2 rings (SSSR count). The number of nitrogens with one attached hydrogen (secondary N) is 2. The molecule has 0 spiro atoms. The van der Waals surface area contributed by atoms with Crippen LogP contribution in [0.1, 0.15) is 33.1 Å². The standard InChI is InChI=1S/C15H25N3O2S/c1-10-5-4-6-14(11(10)2)18-15-9-12(7-8-13(15)16)21(19,20)17-3/h7-11,14,17-18H,4-6,16H2,1-3H3. The topological polar surface area (TPSA) is 84.2 Å². The van der Waals surface area contributed by atoms with Crippen molar-refractivity contribution in [3.8, 4) is 0 Å². The Morgan fingerprint density at radius 3 is 2.62 bits per heavy atom. The summed E-state index contributed by atoms with van der Waals surface area (Å²) < 4.78 is 26.1. The van der Waals surface area contributed by atoms with Gasteiger partial charge in [0.15, 0.2) is 0 Å². The van der Waals surface area contributed by atoms with Crippen molar-refractivity contribution >= 4 is 21.4 Å². The van der Waals surface area contributed by atoms with E-state index in [0.29, 0.717) is 29.3 Å². The Labute approximate surface area is 127 Å². The average molecular weight is 311 g/mol. The monoisotopic (exact) mass is 311 g/mol. The zero-order valence-electron chi connectivity index (χ0n) is 12.9. The molecular weight excluding hydrogens is 286 g/mol. The molecule has 3 unspecified atom stereocenters. The SMILES string of the molecule is CNS(=O)(=O)c1ccc(N)c(NC2CCCC(C)C2C)c1. The first-order valence-electron chi connectivity index (χ1n) is 7.44. The fraction of sp³-hybridized carbons (Fsp3) is 0.600. The smallest absolute Gasteiger partial charge is 0.240 e. The number of nitrogen functional groups attached to an aromatic ring is 1. The van der Waals surface area contributed by atoms with Crippen molar-refractivity contribution in [1.82, 2.24) is 4.72 Å². The highest BCUT2D eigenvalue weighted by molar-refractivity contribution is 7.89. The van der Waals surface area contributed by atoms with Gasteiger partial charge in [-0.1, -0.05) is 26.7 Å². The molecule has 5 nitrogen and oxygen atoms in total. The van der Waals surface area contributed by atoms with Gasteiger partial charge in [-0.2, -0.15) is 0 Å². The van der Waals surface area contributed by atoms with Crippen LogP contribution in [0.5, 0.6) is 0 Å². The molecule has 1 aliphatic carbocycles. The van der Waals surface area contributed by atoms with E-state index in [1.807, 2.05) is 0 Å². The molecule has 0 aromatic heterocycles. The molecule has 3 atom stereocenters. The van der Waals surface area contributed by atoms with Crippen molar-refractivity contribution in [3.63, 3.8) is 0 Å². The molecule has 1 aliphatic rings. The van der Waals surface area contributed by atoms with Crippen LogP contribution in [0.2, 0.25) is 0 Å². The van der Waals surface area contributed by atoms with Crippen LogP contribution >= 0.6 is 0 Å². The maximum Gasteiger partial charge on any atom is 0.240 e. The van der Waals surface area contributed by atoms with Crippen molar-refractivity contribution in [3.05, 3.63) is 18.2 Å². The molecule has 0 aliphatic heterocycles. The van der Waals surface area contributed by atoms with Gasteiger partial charge < -0.3 is 11.1 Å². The molecule has 1 aromatic carbocycles. The molecule has 118 valence electrons. The second-order valence-corrected chi connectivity index (χ2v) is 7.86. The van der Waals surface area contributed by atoms with Crippen LogP contribution < -0.4 is 15.8 Å². The lowest BCUT2D eigenvalue weighted by Crippen LogP contribution is -2.35. The summed E-state index contributed by atoms with van der Waals surface area (Å²) in [5.74, 6) is 1.21. The Balaban J connectivity index is 2.25. The average Bonchev–Trinajstić information content (AvgIpc) is 2.46. The second-order valence-electron chi connectivity index (χ2n) is 5.97. The van der Waals surface area contributed by atoms with Gasteiger partial charge in [-0.25, -0.2) is 13.1 Å². The van der Waals surface area contributed by atoms with Gasteiger partial charge in [0.2, 0.25) is 10.0 Å². The van der Waals surface area contributed by atoms with Gasteiger partial charge in [-0.3, -0.25) is 0 Å². The van der Waals surface area contributed by atoms with E-state index in [4.69, 9.17) is 5.73 Å². The Hall–Kier alpha value is -1.27. The normalized spacial score (nSPS) is 26.5. The molecule has 1 fully saturated rings. The lowest BCUT2D eigenvalue weighted by molar-refractivity contribution is 0.253. The molecule has 0 amide bonds. The first-order chi connectivity index (χ1) is 9.85. The largest absolute Gasteiger partial charge is 0.397 e.